The van der Waals surface area contributed by atoms with Gasteiger partial charge in [-0.3, -0.25) is 4.99 Å². The number of hydrogen-bond acceptors (Lipinski definition) is 3. The Morgan fingerprint density at radius 1 is 1.22 bits per heavy atom. The second-order valence-electron chi connectivity index (χ2n) is 5.46. The molecular formula is C15H23NO2. The first-order valence-corrected chi connectivity index (χ1v) is 6.16. The van der Waals surface area contributed by atoms with E-state index in [1.807, 2.05) is 24.3 Å². The van der Waals surface area contributed by atoms with Gasteiger partial charge in [0.15, 0.2) is 5.90 Å². The first kappa shape index (κ1) is 14.6. The molecule has 0 N–H and O–H groups in total. The molecule has 0 aliphatic rings. The molecule has 18 heavy (non-hydrogen) atoms. The van der Waals surface area contributed by atoms with Crippen LogP contribution in [0.1, 0.15) is 26.3 Å². The predicted molar refractivity (Wildman–Crippen MR) is 75.5 cm³/mol. The van der Waals surface area contributed by atoms with E-state index in [1.54, 1.807) is 14.2 Å². The second-order valence-corrected chi connectivity index (χ2v) is 5.46. The van der Waals surface area contributed by atoms with Crippen LogP contribution in [0.5, 0.6) is 5.75 Å². The number of nitrogens with zero attached hydrogens (tertiary/aromatic N) is 1. The summed E-state index contributed by atoms with van der Waals surface area (Å²) in [7, 11) is 3.44. The number of para-hydroxylation sites is 1. The Labute approximate surface area is 110 Å². The Morgan fingerprint density at radius 3 is 2.44 bits per heavy atom. The highest BCUT2D eigenvalue weighted by Crippen LogP contribution is 2.19. The quantitative estimate of drug-likeness (QED) is 0.605. The standard InChI is InChI=1S/C15H23NO2/c1-15(2,3)11-18-14(16-4)10-12-8-6-7-9-13(12)17-5/h6-9H,10-11H2,1-5H3. The molecule has 0 atom stereocenters. The molecule has 0 aromatic heterocycles. The van der Waals surface area contributed by atoms with Crippen molar-refractivity contribution in [2.24, 2.45) is 10.4 Å². The molecule has 0 fully saturated rings. The van der Waals surface area contributed by atoms with Gasteiger partial charge in [-0.25, -0.2) is 0 Å². The van der Waals surface area contributed by atoms with Gasteiger partial charge in [0, 0.05) is 12.6 Å². The fourth-order valence-electron chi connectivity index (χ4n) is 1.51. The van der Waals surface area contributed by atoms with E-state index in [2.05, 4.69) is 25.8 Å². The lowest BCUT2D eigenvalue weighted by atomic mass is 9.99. The van der Waals surface area contributed by atoms with Crippen molar-refractivity contribution in [3.8, 4) is 5.75 Å². The van der Waals surface area contributed by atoms with Gasteiger partial charge in [0.2, 0.25) is 0 Å². The average Bonchev–Trinajstić information content (AvgIpc) is 2.33. The van der Waals surface area contributed by atoms with Crippen molar-refractivity contribution in [1.82, 2.24) is 0 Å². The number of rotatable bonds is 4. The molecule has 0 aliphatic carbocycles. The van der Waals surface area contributed by atoms with Crippen molar-refractivity contribution in [3.63, 3.8) is 0 Å². The van der Waals surface area contributed by atoms with Crippen molar-refractivity contribution < 1.29 is 9.47 Å². The number of hydrogen-bond donors (Lipinski definition) is 0. The van der Waals surface area contributed by atoms with E-state index in [-0.39, 0.29) is 5.41 Å². The van der Waals surface area contributed by atoms with E-state index >= 15 is 0 Å². The van der Waals surface area contributed by atoms with E-state index in [1.165, 1.54) is 0 Å². The highest BCUT2D eigenvalue weighted by molar-refractivity contribution is 5.79. The summed E-state index contributed by atoms with van der Waals surface area (Å²) in [5, 5.41) is 0. The molecule has 0 bridgehead atoms. The van der Waals surface area contributed by atoms with Gasteiger partial charge in [0.25, 0.3) is 0 Å². The number of ether oxygens (including phenoxy) is 2. The fourth-order valence-corrected chi connectivity index (χ4v) is 1.51. The maximum Gasteiger partial charge on any atom is 0.187 e. The molecule has 0 radical (unpaired) electrons. The molecule has 0 heterocycles. The minimum absolute atomic E-state index is 0.136. The molecule has 0 amide bonds. The topological polar surface area (TPSA) is 30.8 Å². The highest BCUT2D eigenvalue weighted by atomic mass is 16.5. The van der Waals surface area contributed by atoms with Crippen LogP contribution in [0, 0.1) is 5.41 Å². The van der Waals surface area contributed by atoms with Gasteiger partial charge in [0.1, 0.15) is 5.75 Å². The Balaban J connectivity index is 2.69. The summed E-state index contributed by atoms with van der Waals surface area (Å²) in [5.74, 6) is 1.62. The van der Waals surface area contributed by atoms with Crippen molar-refractivity contribution in [3.05, 3.63) is 29.8 Å². The van der Waals surface area contributed by atoms with Crippen molar-refractivity contribution >= 4 is 5.90 Å². The normalized spacial score (nSPS) is 12.4. The zero-order valence-corrected chi connectivity index (χ0v) is 12.0. The lowest BCUT2D eigenvalue weighted by Crippen LogP contribution is -2.19. The largest absolute Gasteiger partial charge is 0.496 e. The third kappa shape index (κ3) is 4.78. The average molecular weight is 249 g/mol. The van der Waals surface area contributed by atoms with Crippen molar-refractivity contribution in [2.45, 2.75) is 27.2 Å². The minimum atomic E-state index is 0.136. The van der Waals surface area contributed by atoms with Crippen molar-refractivity contribution in [2.75, 3.05) is 20.8 Å². The Kier molecular flexibility index (Phi) is 5.20. The van der Waals surface area contributed by atoms with Crippen LogP contribution < -0.4 is 4.74 Å². The molecule has 1 aromatic rings. The molecule has 0 unspecified atom stereocenters. The van der Waals surface area contributed by atoms with Crippen LogP contribution >= 0.6 is 0 Å². The van der Waals surface area contributed by atoms with Crippen LogP contribution in [0.4, 0.5) is 0 Å². The molecule has 1 rings (SSSR count). The number of methoxy groups -OCH3 is 1. The van der Waals surface area contributed by atoms with Crippen LogP contribution in [0.25, 0.3) is 0 Å². The van der Waals surface area contributed by atoms with Gasteiger partial charge in [-0.15, -0.1) is 0 Å². The Bertz CT molecular complexity index is 405. The summed E-state index contributed by atoms with van der Waals surface area (Å²) >= 11 is 0. The van der Waals surface area contributed by atoms with Crippen LogP contribution in [0.15, 0.2) is 29.3 Å². The monoisotopic (exact) mass is 249 g/mol. The third-order valence-electron chi connectivity index (χ3n) is 2.46. The van der Waals surface area contributed by atoms with Gasteiger partial charge in [-0.2, -0.15) is 0 Å². The van der Waals surface area contributed by atoms with Gasteiger partial charge < -0.3 is 9.47 Å². The smallest absolute Gasteiger partial charge is 0.187 e. The first-order valence-electron chi connectivity index (χ1n) is 6.16. The molecule has 3 heteroatoms. The molecule has 0 saturated heterocycles. The van der Waals surface area contributed by atoms with Gasteiger partial charge in [-0.05, 0) is 11.5 Å². The van der Waals surface area contributed by atoms with E-state index in [0.717, 1.165) is 17.2 Å². The van der Waals surface area contributed by atoms with Crippen LogP contribution in [-0.4, -0.2) is 26.7 Å². The zero-order valence-electron chi connectivity index (χ0n) is 12.0. The van der Waals surface area contributed by atoms with E-state index in [9.17, 15) is 0 Å². The van der Waals surface area contributed by atoms with E-state index in [4.69, 9.17) is 9.47 Å². The third-order valence-corrected chi connectivity index (χ3v) is 2.46. The summed E-state index contributed by atoms with van der Waals surface area (Å²) in [6.07, 6.45) is 0.663. The van der Waals surface area contributed by atoms with Gasteiger partial charge >= 0.3 is 0 Å². The summed E-state index contributed by atoms with van der Waals surface area (Å²) in [6, 6.07) is 7.94. The second kappa shape index (κ2) is 6.43. The fraction of sp³-hybridized carbons (Fsp3) is 0.533. The van der Waals surface area contributed by atoms with E-state index < -0.39 is 0 Å². The number of benzene rings is 1. The molecule has 100 valence electrons. The van der Waals surface area contributed by atoms with Crippen LogP contribution in [0.3, 0.4) is 0 Å². The summed E-state index contributed by atoms with van der Waals surface area (Å²) in [5.41, 5.74) is 1.23. The zero-order chi connectivity index (χ0) is 13.6. The molecular weight excluding hydrogens is 226 g/mol. The van der Waals surface area contributed by atoms with Crippen LogP contribution in [0.2, 0.25) is 0 Å². The Hall–Kier alpha value is -1.51. The maximum atomic E-state index is 5.75. The van der Waals surface area contributed by atoms with Crippen molar-refractivity contribution in [1.29, 1.82) is 0 Å². The van der Waals surface area contributed by atoms with Crippen LogP contribution in [-0.2, 0) is 11.2 Å². The van der Waals surface area contributed by atoms with E-state index in [0.29, 0.717) is 13.0 Å². The first-order chi connectivity index (χ1) is 8.46. The Morgan fingerprint density at radius 2 is 1.89 bits per heavy atom. The van der Waals surface area contributed by atoms with Gasteiger partial charge in [0.05, 0.1) is 20.1 Å². The maximum absolute atomic E-state index is 5.75. The van der Waals surface area contributed by atoms with Gasteiger partial charge in [-0.1, -0.05) is 39.0 Å². The number of aliphatic imine (C=N–C) groups is 1. The summed E-state index contributed by atoms with van der Waals surface area (Å²) in [4.78, 5) is 4.20. The highest BCUT2D eigenvalue weighted by Gasteiger charge is 2.14. The summed E-state index contributed by atoms with van der Waals surface area (Å²) < 4.78 is 11.1. The molecule has 0 spiro atoms. The SMILES string of the molecule is CN=C(Cc1ccccc1OC)OCC(C)(C)C. The predicted octanol–water partition coefficient (Wildman–Crippen LogP) is 3.33. The molecule has 3 nitrogen and oxygen atoms in total. The lowest BCUT2D eigenvalue weighted by Gasteiger charge is -2.20. The lowest BCUT2D eigenvalue weighted by molar-refractivity contribution is 0.183. The minimum Gasteiger partial charge on any atom is -0.496 e. The summed E-state index contributed by atoms with van der Waals surface area (Å²) in [6.45, 7) is 7.09. The molecule has 0 saturated carbocycles. The molecule has 0 aliphatic heterocycles. The molecule has 1 aromatic carbocycles.